The summed E-state index contributed by atoms with van der Waals surface area (Å²) in [5.41, 5.74) is 1.19. The molecule has 0 aliphatic carbocycles. The fourth-order valence-corrected chi connectivity index (χ4v) is 2.32. The summed E-state index contributed by atoms with van der Waals surface area (Å²) in [5.74, 6) is -0.0591. The Morgan fingerprint density at radius 2 is 2.29 bits per heavy atom. The van der Waals surface area contributed by atoms with Gasteiger partial charge in [-0.2, -0.15) is 0 Å². The lowest BCUT2D eigenvalue weighted by molar-refractivity contribution is -0.133. The zero-order valence-electron chi connectivity index (χ0n) is 10.0. The Hall–Kier alpha value is -0.870. The molecule has 1 aromatic rings. The molecule has 1 aromatic carbocycles. The van der Waals surface area contributed by atoms with E-state index in [0.717, 1.165) is 28.6 Å². The summed E-state index contributed by atoms with van der Waals surface area (Å²) in [7, 11) is 0. The van der Waals surface area contributed by atoms with Gasteiger partial charge >= 0.3 is 0 Å². The Kier molecular flexibility index (Phi) is 3.54. The van der Waals surface area contributed by atoms with Crippen molar-refractivity contribution in [2.75, 3.05) is 11.9 Å². The van der Waals surface area contributed by atoms with Crippen LogP contribution in [0.25, 0.3) is 0 Å². The molecule has 1 heterocycles. The molecule has 3 nitrogen and oxygen atoms in total. The van der Waals surface area contributed by atoms with Crippen molar-refractivity contribution in [3.05, 3.63) is 28.2 Å². The van der Waals surface area contributed by atoms with Crippen LogP contribution in [0.1, 0.15) is 25.3 Å². The molecule has 1 fully saturated rings. The number of nitrogens with one attached hydrogen (secondary N) is 1. The van der Waals surface area contributed by atoms with Gasteiger partial charge in [-0.1, -0.05) is 22.0 Å². The molecule has 1 aliphatic rings. The minimum absolute atomic E-state index is 0.0591. The minimum atomic E-state index is -0.672. The average molecular weight is 298 g/mol. The van der Waals surface area contributed by atoms with Crippen LogP contribution in [0.5, 0.6) is 0 Å². The highest BCUT2D eigenvalue weighted by atomic mass is 79.9. The maximum Gasteiger partial charge on any atom is 0.256 e. The van der Waals surface area contributed by atoms with Crippen molar-refractivity contribution in [2.45, 2.75) is 32.3 Å². The summed E-state index contributed by atoms with van der Waals surface area (Å²) in [6, 6.07) is 5.76. The van der Waals surface area contributed by atoms with E-state index in [1.165, 1.54) is 0 Å². The van der Waals surface area contributed by atoms with Gasteiger partial charge in [0.25, 0.3) is 5.91 Å². The molecule has 0 radical (unpaired) electrons. The highest BCUT2D eigenvalue weighted by Gasteiger charge is 2.37. The second-order valence-corrected chi connectivity index (χ2v) is 5.40. The predicted octanol–water partition coefficient (Wildman–Crippen LogP) is 3.27. The second kappa shape index (κ2) is 4.78. The topological polar surface area (TPSA) is 38.3 Å². The highest BCUT2D eigenvalue weighted by Crippen LogP contribution is 2.29. The number of halogens is 1. The van der Waals surface area contributed by atoms with Crippen LogP contribution in [0.4, 0.5) is 5.69 Å². The Labute approximate surface area is 110 Å². The molecule has 1 N–H and O–H groups in total. The number of ether oxygens (including phenoxy) is 1. The minimum Gasteiger partial charge on any atom is -0.365 e. The lowest BCUT2D eigenvalue weighted by atomic mass is 10.0. The summed E-state index contributed by atoms with van der Waals surface area (Å²) in [5, 5.41) is 2.94. The summed E-state index contributed by atoms with van der Waals surface area (Å²) in [6.45, 7) is 4.49. The van der Waals surface area contributed by atoms with Gasteiger partial charge in [-0.15, -0.1) is 0 Å². The molecule has 92 valence electrons. The monoisotopic (exact) mass is 297 g/mol. The van der Waals surface area contributed by atoms with E-state index in [9.17, 15) is 4.79 Å². The third-order valence-electron chi connectivity index (χ3n) is 3.22. The molecule has 0 aromatic heterocycles. The predicted molar refractivity (Wildman–Crippen MR) is 71.1 cm³/mol. The van der Waals surface area contributed by atoms with Gasteiger partial charge in [0.05, 0.1) is 0 Å². The smallest absolute Gasteiger partial charge is 0.256 e. The molecule has 2 rings (SSSR count). The van der Waals surface area contributed by atoms with Gasteiger partial charge in [-0.3, -0.25) is 4.79 Å². The Morgan fingerprint density at radius 1 is 1.53 bits per heavy atom. The SMILES string of the molecule is Cc1c(Br)cccc1NC(=O)C1(C)CCCO1. The van der Waals surface area contributed by atoms with Crippen molar-refractivity contribution in [3.63, 3.8) is 0 Å². The van der Waals surface area contributed by atoms with Crippen LogP contribution in [0.3, 0.4) is 0 Å². The van der Waals surface area contributed by atoms with Gasteiger partial charge in [0.2, 0.25) is 0 Å². The third-order valence-corrected chi connectivity index (χ3v) is 4.07. The number of hydrogen-bond donors (Lipinski definition) is 1. The maximum absolute atomic E-state index is 12.1. The number of carbonyl (C=O) groups is 1. The number of rotatable bonds is 2. The van der Waals surface area contributed by atoms with Crippen LogP contribution in [-0.2, 0) is 9.53 Å². The maximum atomic E-state index is 12.1. The van der Waals surface area contributed by atoms with Crippen molar-refractivity contribution >= 4 is 27.5 Å². The largest absolute Gasteiger partial charge is 0.365 e. The molecule has 1 amide bonds. The van der Waals surface area contributed by atoms with Crippen LogP contribution < -0.4 is 5.32 Å². The summed E-state index contributed by atoms with van der Waals surface area (Å²) >= 11 is 3.45. The lowest BCUT2D eigenvalue weighted by Gasteiger charge is -2.22. The van der Waals surface area contributed by atoms with Gasteiger partial charge in [-0.05, 0) is 44.4 Å². The van der Waals surface area contributed by atoms with Crippen LogP contribution in [0.2, 0.25) is 0 Å². The molecule has 4 heteroatoms. The molecule has 1 saturated heterocycles. The molecule has 1 unspecified atom stereocenters. The first-order chi connectivity index (χ1) is 8.03. The molecule has 1 atom stereocenters. The van der Waals surface area contributed by atoms with E-state index in [1.807, 2.05) is 32.0 Å². The number of hydrogen-bond acceptors (Lipinski definition) is 2. The molecular formula is C13H16BrNO2. The van der Waals surface area contributed by atoms with Crippen LogP contribution in [-0.4, -0.2) is 18.1 Å². The van der Waals surface area contributed by atoms with Gasteiger partial charge < -0.3 is 10.1 Å². The normalized spacial score (nSPS) is 23.7. The summed E-state index contributed by atoms with van der Waals surface area (Å²) < 4.78 is 6.51. The Balaban J connectivity index is 2.16. The highest BCUT2D eigenvalue weighted by molar-refractivity contribution is 9.10. The first kappa shape index (κ1) is 12.6. The van der Waals surface area contributed by atoms with Crippen molar-refractivity contribution in [1.82, 2.24) is 0 Å². The van der Waals surface area contributed by atoms with Crippen molar-refractivity contribution in [3.8, 4) is 0 Å². The number of anilines is 1. The Morgan fingerprint density at radius 3 is 2.94 bits per heavy atom. The molecular weight excluding hydrogens is 282 g/mol. The third kappa shape index (κ3) is 2.53. The van der Waals surface area contributed by atoms with Crippen LogP contribution in [0, 0.1) is 6.92 Å². The summed E-state index contributed by atoms with van der Waals surface area (Å²) in [4.78, 5) is 12.1. The van der Waals surface area contributed by atoms with Gasteiger partial charge in [0, 0.05) is 16.8 Å². The van der Waals surface area contributed by atoms with Crippen molar-refractivity contribution in [2.24, 2.45) is 0 Å². The van der Waals surface area contributed by atoms with Crippen LogP contribution >= 0.6 is 15.9 Å². The molecule has 1 aliphatic heterocycles. The first-order valence-corrected chi connectivity index (χ1v) is 6.53. The second-order valence-electron chi connectivity index (χ2n) is 4.55. The quantitative estimate of drug-likeness (QED) is 0.910. The number of benzene rings is 1. The molecule has 0 bridgehead atoms. The fraction of sp³-hybridized carbons (Fsp3) is 0.462. The van der Waals surface area contributed by atoms with E-state index in [4.69, 9.17) is 4.74 Å². The molecule has 0 saturated carbocycles. The average Bonchev–Trinajstić information content (AvgIpc) is 2.73. The standard InChI is InChI=1S/C13H16BrNO2/c1-9-10(14)5-3-6-11(9)15-12(16)13(2)7-4-8-17-13/h3,5-6H,4,7-8H2,1-2H3,(H,15,16). The van der Waals surface area contributed by atoms with E-state index in [1.54, 1.807) is 0 Å². The van der Waals surface area contributed by atoms with E-state index in [0.29, 0.717) is 6.61 Å². The number of amides is 1. The van der Waals surface area contributed by atoms with E-state index in [-0.39, 0.29) is 5.91 Å². The van der Waals surface area contributed by atoms with Crippen molar-refractivity contribution in [1.29, 1.82) is 0 Å². The fourth-order valence-electron chi connectivity index (χ4n) is 1.96. The summed E-state index contributed by atoms with van der Waals surface area (Å²) in [6.07, 6.45) is 1.73. The zero-order valence-corrected chi connectivity index (χ0v) is 11.6. The first-order valence-electron chi connectivity index (χ1n) is 5.73. The van der Waals surface area contributed by atoms with Crippen LogP contribution in [0.15, 0.2) is 22.7 Å². The Bertz CT molecular complexity index is 439. The zero-order chi connectivity index (χ0) is 12.5. The van der Waals surface area contributed by atoms with E-state index >= 15 is 0 Å². The van der Waals surface area contributed by atoms with Gasteiger partial charge in [-0.25, -0.2) is 0 Å². The lowest BCUT2D eigenvalue weighted by Crippen LogP contribution is -2.39. The van der Waals surface area contributed by atoms with E-state index in [2.05, 4.69) is 21.2 Å². The van der Waals surface area contributed by atoms with Crippen molar-refractivity contribution < 1.29 is 9.53 Å². The molecule has 17 heavy (non-hydrogen) atoms. The van der Waals surface area contributed by atoms with E-state index < -0.39 is 5.60 Å². The number of carbonyl (C=O) groups excluding carboxylic acids is 1. The van der Waals surface area contributed by atoms with Gasteiger partial charge in [0.15, 0.2) is 0 Å². The molecule has 0 spiro atoms. The van der Waals surface area contributed by atoms with Gasteiger partial charge in [0.1, 0.15) is 5.60 Å².